The second kappa shape index (κ2) is 8.95. The first-order valence-corrected chi connectivity index (χ1v) is 10.7. The van der Waals surface area contributed by atoms with Crippen molar-refractivity contribution in [3.8, 4) is 0 Å². The number of aromatic nitrogens is 2. The van der Waals surface area contributed by atoms with Crippen LogP contribution in [0, 0.1) is 0 Å². The summed E-state index contributed by atoms with van der Waals surface area (Å²) in [5.74, 6) is 0.330. The molecule has 0 radical (unpaired) electrons. The molecule has 2 aromatic carbocycles. The maximum atomic E-state index is 12.9. The Morgan fingerprint density at radius 1 is 1.07 bits per heavy atom. The van der Waals surface area contributed by atoms with Crippen LogP contribution in [-0.4, -0.2) is 29.2 Å². The van der Waals surface area contributed by atoms with Gasteiger partial charge in [0.1, 0.15) is 5.82 Å². The van der Waals surface area contributed by atoms with Crippen molar-refractivity contribution in [1.82, 2.24) is 14.3 Å². The molecule has 7 heteroatoms. The van der Waals surface area contributed by atoms with Crippen LogP contribution >= 0.6 is 0 Å². The summed E-state index contributed by atoms with van der Waals surface area (Å²) in [6.07, 6.45) is 3.15. The smallest absolute Gasteiger partial charge is 0.258 e. The van der Waals surface area contributed by atoms with Crippen molar-refractivity contribution in [3.05, 3.63) is 81.7 Å². The first-order valence-electron chi connectivity index (χ1n) is 9.21. The minimum Gasteiger partial charge on any atom is -0.309 e. The highest BCUT2D eigenvalue weighted by Gasteiger charge is 2.20. The Morgan fingerprint density at radius 3 is 2.54 bits per heavy atom. The van der Waals surface area contributed by atoms with E-state index in [0.717, 1.165) is 18.4 Å². The second-order valence-corrected chi connectivity index (χ2v) is 8.29. The summed E-state index contributed by atoms with van der Waals surface area (Å²) < 4.78 is 27.1. The number of nitrogens with one attached hydrogen (secondary N) is 1. The maximum Gasteiger partial charge on any atom is 0.258 e. The zero-order chi connectivity index (χ0) is 20.0. The Labute approximate surface area is 164 Å². The van der Waals surface area contributed by atoms with Crippen molar-refractivity contribution in [2.45, 2.75) is 26.3 Å². The molecule has 1 N–H and O–H groups in total. The van der Waals surface area contributed by atoms with Gasteiger partial charge in [0.25, 0.3) is 5.56 Å². The van der Waals surface area contributed by atoms with Crippen molar-refractivity contribution >= 4 is 27.0 Å². The number of fused-ring (bicyclic) bond motifs is 1. The summed E-state index contributed by atoms with van der Waals surface area (Å²) in [7, 11) is -3.67. The third-order valence-corrected chi connectivity index (χ3v) is 5.85. The van der Waals surface area contributed by atoms with Crippen molar-refractivity contribution in [2.24, 2.45) is 0 Å². The van der Waals surface area contributed by atoms with E-state index in [9.17, 15) is 13.2 Å². The molecule has 6 nitrogen and oxygen atoms in total. The normalized spacial score (nSPS) is 12.2. The van der Waals surface area contributed by atoms with Crippen molar-refractivity contribution in [2.75, 3.05) is 6.54 Å². The molecular formula is C21H23N3O3S. The lowest BCUT2D eigenvalue weighted by molar-refractivity contribution is 0.395. The van der Waals surface area contributed by atoms with Crippen molar-refractivity contribution < 1.29 is 8.42 Å². The van der Waals surface area contributed by atoms with Crippen LogP contribution in [0.15, 0.2) is 64.8 Å². The average molecular weight is 398 g/mol. The SMILES string of the molecule is CCCCN(Cc1nc2ccccc2c(=O)[nH]1)S(=O)(=O)/C=C/c1ccccc1. The Bertz CT molecular complexity index is 1120. The molecule has 0 aliphatic carbocycles. The number of hydrogen-bond acceptors (Lipinski definition) is 4. The number of hydrogen-bond donors (Lipinski definition) is 1. The standard InChI is InChI=1S/C21H23N3O3S/c1-2-3-14-24(28(26,27)15-13-17-9-5-4-6-10-17)16-20-22-19-12-8-7-11-18(19)21(25)23-20/h4-13,15H,2-3,14,16H2,1H3,(H,22,23,25)/b15-13+. The molecular weight excluding hydrogens is 374 g/mol. The van der Waals surface area contributed by atoms with E-state index in [1.165, 1.54) is 9.71 Å². The molecule has 0 unspecified atom stereocenters. The fourth-order valence-corrected chi connectivity index (χ4v) is 4.01. The van der Waals surface area contributed by atoms with Gasteiger partial charge in [0.05, 0.1) is 17.4 Å². The van der Waals surface area contributed by atoms with Gasteiger partial charge in [-0.2, -0.15) is 4.31 Å². The highest BCUT2D eigenvalue weighted by molar-refractivity contribution is 7.92. The Hall–Kier alpha value is -2.77. The molecule has 0 saturated carbocycles. The molecule has 3 rings (SSSR count). The lowest BCUT2D eigenvalue weighted by Crippen LogP contribution is -2.31. The Kier molecular flexibility index (Phi) is 6.38. The highest BCUT2D eigenvalue weighted by atomic mass is 32.2. The third-order valence-electron chi connectivity index (χ3n) is 4.34. The van der Waals surface area contributed by atoms with E-state index in [0.29, 0.717) is 23.3 Å². The molecule has 1 aromatic heterocycles. The summed E-state index contributed by atoms with van der Waals surface area (Å²) in [5.41, 5.74) is 1.08. The van der Waals surface area contributed by atoms with Crippen LogP contribution in [-0.2, 0) is 16.6 Å². The van der Waals surface area contributed by atoms with Gasteiger partial charge >= 0.3 is 0 Å². The van der Waals surface area contributed by atoms with Crippen LogP contribution in [0.3, 0.4) is 0 Å². The minimum atomic E-state index is -3.67. The number of para-hydroxylation sites is 1. The van der Waals surface area contributed by atoms with E-state index in [-0.39, 0.29) is 12.1 Å². The van der Waals surface area contributed by atoms with E-state index in [1.807, 2.05) is 37.3 Å². The fourth-order valence-electron chi connectivity index (χ4n) is 2.82. The van der Waals surface area contributed by atoms with Gasteiger partial charge in [0, 0.05) is 12.0 Å². The molecule has 0 fully saturated rings. The fraction of sp³-hybridized carbons (Fsp3) is 0.238. The van der Waals surface area contributed by atoms with Crippen LogP contribution in [0.4, 0.5) is 0 Å². The van der Waals surface area contributed by atoms with Crippen LogP contribution in [0.1, 0.15) is 31.2 Å². The molecule has 0 aliphatic heterocycles. The van der Waals surface area contributed by atoms with Gasteiger partial charge < -0.3 is 4.98 Å². The second-order valence-electron chi connectivity index (χ2n) is 6.48. The topological polar surface area (TPSA) is 83.1 Å². The minimum absolute atomic E-state index is 0.0154. The largest absolute Gasteiger partial charge is 0.309 e. The van der Waals surface area contributed by atoms with E-state index < -0.39 is 10.0 Å². The summed E-state index contributed by atoms with van der Waals surface area (Å²) in [6.45, 7) is 2.37. The number of nitrogens with zero attached hydrogens (tertiary/aromatic N) is 2. The van der Waals surface area contributed by atoms with Crippen molar-refractivity contribution in [3.63, 3.8) is 0 Å². The zero-order valence-electron chi connectivity index (χ0n) is 15.7. The van der Waals surface area contributed by atoms with Gasteiger partial charge in [0.2, 0.25) is 10.0 Å². The molecule has 1 heterocycles. The molecule has 28 heavy (non-hydrogen) atoms. The third kappa shape index (κ3) is 4.94. The predicted molar refractivity (Wildman–Crippen MR) is 112 cm³/mol. The summed E-state index contributed by atoms with van der Waals surface area (Å²) >= 11 is 0. The Balaban J connectivity index is 1.89. The Morgan fingerprint density at radius 2 is 1.79 bits per heavy atom. The van der Waals surface area contributed by atoms with E-state index in [2.05, 4.69) is 9.97 Å². The molecule has 146 valence electrons. The van der Waals surface area contributed by atoms with Crippen molar-refractivity contribution in [1.29, 1.82) is 0 Å². The molecule has 0 bridgehead atoms. The van der Waals surface area contributed by atoms with Crippen LogP contribution in [0.25, 0.3) is 17.0 Å². The molecule has 0 amide bonds. The summed E-state index contributed by atoms with van der Waals surface area (Å²) in [6, 6.07) is 16.3. The molecule has 0 atom stereocenters. The van der Waals surface area contributed by atoms with Gasteiger partial charge in [0.15, 0.2) is 0 Å². The number of unbranched alkanes of at least 4 members (excludes halogenated alkanes) is 1. The van der Waals surface area contributed by atoms with Gasteiger partial charge in [-0.1, -0.05) is 55.8 Å². The highest BCUT2D eigenvalue weighted by Crippen LogP contribution is 2.13. The van der Waals surface area contributed by atoms with Crippen LogP contribution in [0.2, 0.25) is 0 Å². The molecule has 3 aromatic rings. The lowest BCUT2D eigenvalue weighted by Gasteiger charge is -2.19. The van der Waals surface area contributed by atoms with E-state index in [1.54, 1.807) is 30.3 Å². The number of benzene rings is 2. The van der Waals surface area contributed by atoms with Gasteiger partial charge in [-0.05, 0) is 30.2 Å². The van der Waals surface area contributed by atoms with Crippen LogP contribution < -0.4 is 5.56 Å². The first-order chi connectivity index (χ1) is 13.5. The van der Waals surface area contributed by atoms with E-state index in [4.69, 9.17) is 0 Å². The zero-order valence-corrected chi connectivity index (χ0v) is 16.5. The lowest BCUT2D eigenvalue weighted by atomic mass is 10.2. The summed E-state index contributed by atoms with van der Waals surface area (Å²) in [4.78, 5) is 19.4. The van der Waals surface area contributed by atoms with Gasteiger partial charge in [-0.25, -0.2) is 13.4 Å². The van der Waals surface area contributed by atoms with Gasteiger partial charge in [-0.15, -0.1) is 0 Å². The number of sulfonamides is 1. The monoisotopic (exact) mass is 397 g/mol. The molecule has 0 spiro atoms. The van der Waals surface area contributed by atoms with Gasteiger partial charge in [-0.3, -0.25) is 4.79 Å². The average Bonchev–Trinajstić information content (AvgIpc) is 2.70. The number of aromatic amines is 1. The molecule has 0 aliphatic rings. The van der Waals surface area contributed by atoms with Crippen LogP contribution in [0.5, 0.6) is 0 Å². The number of rotatable bonds is 8. The van der Waals surface area contributed by atoms with E-state index >= 15 is 0 Å². The summed E-state index contributed by atoms with van der Waals surface area (Å²) in [5, 5.41) is 1.69. The quantitative estimate of drug-likeness (QED) is 0.630. The first kappa shape index (κ1) is 20.0. The predicted octanol–water partition coefficient (Wildman–Crippen LogP) is 3.53. The molecule has 0 saturated heterocycles. The number of H-pyrrole nitrogens is 1. The maximum absolute atomic E-state index is 12.9.